The fraction of sp³-hybridized carbons (Fsp3) is 0.312. The van der Waals surface area contributed by atoms with E-state index in [9.17, 15) is 9.90 Å². The average Bonchev–Trinajstić information content (AvgIpc) is 2.45. The maximum atomic E-state index is 11.4. The van der Waals surface area contributed by atoms with E-state index in [2.05, 4.69) is 0 Å². The lowest BCUT2D eigenvalue weighted by molar-refractivity contribution is -0.137. The number of ether oxygens (including phenoxy) is 2. The molecular weight excluding hydrogens is 292 g/mol. The Labute approximate surface area is 129 Å². The summed E-state index contributed by atoms with van der Waals surface area (Å²) in [5.74, 6) is -0.153. The molecule has 0 fully saturated rings. The molecule has 0 aliphatic heterocycles. The number of allylic oxidation sites excluding steroid dienone is 1. The van der Waals surface area contributed by atoms with Crippen LogP contribution in [0.15, 0.2) is 48.3 Å². The first-order valence-electron chi connectivity index (χ1n) is 6.69. The highest BCUT2D eigenvalue weighted by molar-refractivity contribution is 6.30. The van der Waals surface area contributed by atoms with Crippen LogP contribution in [0.4, 0.5) is 0 Å². The van der Waals surface area contributed by atoms with Gasteiger partial charge in [-0.3, -0.25) is 0 Å². The van der Waals surface area contributed by atoms with Crippen molar-refractivity contribution in [2.45, 2.75) is 20.0 Å². The Morgan fingerprint density at radius 3 is 2.67 bits per heavy atom. The second-order valence-electron chi connectivity index (χ2n) is 4.09. The Balaban J connectivity index is 2.80. The summed E-state index contributed by atoms with van der Waals surface area (Å²) < 4.78 is 10.1. The molecule has 114 valence electrons. The van der Waals surface area contributed by atoms with Gasteiger partial charge >= 0.3 is 5.97 Å². The number of aliphatic hydroxyl groups excluding tert-OH is 1. The van der Waals surface area contributed by atoms with E-state index in [4.69, 9.17) is 21.1 Å². The summed E-state index contributed by atoms with van der Waals surface area (Å²) in [7, 11) is 0. The number of rotatable bonds is 7. The van der Waals surface area contributed by atoms with Gasteiger partial charge in [-0.2, -0.15) is 0 Å². The van der Waals surface area contributed by atoms with Crippen molar-refractivity contribution in [1.29, 1.82) is 0 Å². The highest BCUT2D eigenvalue weighted by Crippen LogP contribution is 2.19. The van der Waals surface area contributed by atoms with Gasteiger partial charge in [0.1, 0.15) is 5.76 Å². The third-order valence-corrected chi connectivity index (χ3v) is 2.73. The van der Waals surface area contributed by atoms with Crippen LogP contribution in [0.5, 0.6) is 0 Å². The van der Waals surface area contributed by atoms with E-state index in [-0.39, 0.29) is 0 Å². The van der Waals surface area contributed by atoms with Gasteiger partial charge in [-0.15, -0.1) is 0 Å². The molecule has 0 saturated heterocycles. The number of hydrogen-bond donors (Lipinski definition) is 1. The fourth-order valence-corrected chi connectivity index (χ4v) is 1.79. The molecule has 0 bridgehead atoms. The van der Waals surface area contributed by atoms with Crippen molar-refractivity contribution in [1.82, 2.24) is 0 Å². The monoisotopic (exact) mass is 310 g/mol. The predicted octanol–water partition coefficient (Wildman–Crippen LogP) is 3.41. The second kappa shape index (κ2) is 9.21. The van der Waals surface area contributed by atoms with Crippen molar-refractivity contribution in [3.05, 3.63) is 58.8 Å². The van der Waals surface area contributed by atoms with Crippen LogP contribution in [0, 0.1) is 0 Å². The van der Waals surface area contributed by atoms with Crippen LogP contribution < -0.4 is 0 Å². The predicted molar refractivity (Wildman–Crippen MR) is 81.9 cm³/mol. The van der Waals surface area contributed by atoms with E-state index in [1.165, 1.54) is 18.2 Å². The zero-order chi connectivity index (χ0) is 15.7. The van der Waals surface area contributed by atoms with Crippen LogP contribution in [0.1, 0.15) is 25.5 Å². The van der Waals surface area contributed by atoms with Crippen molar-refractivity contribution in [3.8, 4) is 0 Å². The van der Waals surface area contributed by atoms with E-state index < -0.39 is 12.1 Å². The summed E-state index contributed by atoms with van der Waals surface area (Å²) in [5, 5.41) is 10.6. The molecule has 0 spiro atoms. The quantitative estimate of drug-likeness (QED) is 0.363. The standard InChI is InChI=1S/C16H19ClO4/c1-3-20-14(11-16(19)21-4-2)8-9-15(18)12-6-5-7-13(17)10-12/h5-11,15,18H,3-4H2,1-2H3/b9-8+,14-11-. The van der Waals surface area contributed by atoms with Gasteiger partial charge in [0, 0.05) is 5.02 Å². The van der Waals surface area contributed by atoms with Gasteiger partial charge in [-0.05, 0) is 43.7 Å². The molecule has 0 aromatic heterocycles. The van der Waals surface area contributed by atoms with Crippen molar-refractivity contribution in [3.63, 3.8) is 0 Å². The number of hydrogen-bond acceptors (Lipinski definition) is 4. The van der Waals surface area contributed by atoms with E-state index in [1.807, 2.05) is 0 Å². The first-order chi connectivity index (χ1) is 10.1. The molecule has 0 radical (unpaired) electrons. The molecule has 0 amide bonds. The molecule has 1 atom stereocenters. The van der Waals surface area contributed by atoms with Crippen LogP contribution in [-0.4, -0.2) is 24.3 Å². The van der Waals surface area contributed by atoms with Crippen LogP contribution in [0.3, 0.4) is 0 Å². The zero-order valence-corrected chi connectivity index (χ0v) is 12.8. The second-order valence-corrected chi connectivity index (χ2v) is 4.53. The summed E-state index contributed by atoms with van der Waals surface area (Å²) >= 11 is 5.87. The minimum Gasteiger partial charge on any atom is -0.494 e. The smallest absolute Gasteiger partial charge is 0.334 e. The van der Waals surface area contributed by atoms with Crippen molar-refractivity contribution in [2.75, 3.05) is 13.2 Å². The molecule has 1 aromatic carbocycles. The van der Waals surface area contributed by atoms with Crippen LogP contribution in [-0.2, 0) is 14.3 Å². The minimum atomic E-state index is -0.838. The summed E-state index contributed by atoms with van der Waals surface area (Å²) in [6.45, 7) is 4.23. The number of carbonyl (C=O) groups is 1. The molecule has 0 aliphatic rings. The van der Waals surface area contributed by atoms with Gasteiger partial charge in [0.2, 0.25) is 0 Å². The van der Waals surface area contributed by atoms with Crippen molar-refractivity contribution < 1.29 is 19.4 Å². The first-order valence-corrected chi connectivity index (χ1v) is 7.07. The average molecular weight is 311 g/mol. The topological polar surface area (TPSA) is 55.8 Å². The minimum absolute atomic E-state index is 0.295. The molecule has 0 heterocycles. The summed E-state index contributed by atoms with van der Waals surface area (Å²) in [5.41, 5.74) is 0.658. The lowest BCUT2D eigenvalue weighted by Gasteiger charge is -2.08. The number of aliphatic hydroxyl groups is 1. The zero-order valence-electron chi connectivity index (χ0n) is 12.1. The van der Waals surface area contributed by atoms with Crippen LogP contribution in [0.2, 0.25) is 5.02 Å². The Morgan fingerprint density at radius 1 is 1.33 bits per heavy atom. The molecular formula is C16H19ClO4. The fourth-order valence-electron chi connectivity index (χ4n) is 1.59. The van der Waals surface area contributed by atoms with E-state index in [0.717, 1.165) is 0 Å². The lowest BCUT2D eigenvalue weighted by Crippen LogP contribution is -2.02. The van der Waals surface area contributed by atoms with Gasteiger partial charge in [0.15, 0.2) is 0 Å². The molecule has 1 N–H and O–H groups in total. The van der Waals surface area contributed by atoms with Gasteiger partial charge in [-0.1, -0.05) is 23.7 Å². The highest BCUT2D eigenvalue weighted by Gasteiger charge is 2.05. The first kappa shape index (κ1) is 17.3. The molecule has 1 unspecified atom stereocenters. The van der Waals surface area contributed by atoms with Gasteiger partial charge < -0.3 is 14.6 Å². The van der Waals surface area contributed by atoms with E-state index in [0.29, 0.717) is 29.6 Å². The van der Waals surface area contributed by atoms with Crippen molar-refractivity contribution in [2.24, 2.45) is 0 Å². The number of benzene rings is 1. The Kier molecular flexibility index (Phi) is 7.58. The summed E-state index contributed by atoms with van der Waals surface area (Å²) in [6, 6.07) is 6.92. The Hall–Kier alpha value is -1.78. The third-order valence-electron chi connectivity index (χ3n) is 2.49. The Morgan fingerprint density at radius 2 is 2.05 bits per heavy atom. The SMILES string of the molecule is CCOC(=O)/C=C(/C=C/C(O)c1cccc(Cl)c1)OCC. The summed E-state index contributed by atoms with van der Waals surface area (Å²) in [4.78, 5) is 11.4. The molecule has 1 rings (SSSR count). The molecule has 5 heteroatoms. The molecule has 0 aliphatic carbocycles. The van der Waals surface area contributed by atoms with Gasteiger partial charge in [-0.25, -0.2) is 4.79 Å². The van der Waals surface area contributed by atoms with E-state index >= 15 is 0 Å². The molecule has 4 nitrogen and oxygen atoms in total. The molecule has 1 aromatic rings. The highest BCUT2D eigenvalue weighted by atomic mass is 35.5. The summed E-state index contributed by atoms with van der Waals surface area (Å²) in [6.07, 6.45) is 3.46. The van der Waals surface area contributed by atoms with Gasteiger partial charge in [0.25, 0.3) is 0 Å². The van der Waals surface area contributed by atoms with Crippen LogP contribution >= 0.6 is 11.6 Å². The van der Waals surface area contributed by atoms with Crippen LogP contribution in [0.25, 0.3) is 0 Å². The normalized spacial score (nSPS) is 13.2. The largest absolute Gasteiger partial charge is 0.494 e. The van der Waals surface area contributed by atoms with Gasteiger partial charge in [0.05, 0.1) is 25.4 Å². The maximum absolute atomic E-state index is 11.4. The molecule has 21 heavy (non-hydrogen) atoms. The number of esters is 1. The number of carbonyl (C=O) groups excluding carboxylic acids is 1. The lowest BCUT2D eigenvalue weighted by atomic mass is 10.1. The van der Waals surface area contributed by atoms with Crippen molar-refractivity contribution >= 4 is 17.6 Å². The van der Waals surface area contributed by atoms with E-state index in [1.54, 1.807) is 38.1 Å². The third kappa shape index (κ3) is 6.47. The number of halogens is 1. The molecule has 0 saturated carbocycles. The Bertz CT molecular complexity index is 523. The maximum Gasteiger partial charge on any atom is 0.334 e.